The predicted molar refractivity (Wildman–Crippen MR) is 99.0 cm³/mol. The first-order valence-electron chi connectivity index (χ1n) is 7.90. The molecular weight excluding hydrogens is 390 g/mol. The fourth-order valence-corrected chi connectivity index (χ4v) is 2.32. The molecule has 0 N–H and O–H groups in total. The van der Waals surface area contributed by atoms with Crippen LogP contribution in [0.3, 0.4) is 0 Å². The molecule has 1 aliphatic heterocycles. The summed E-state index contributed by atoms with van der Waals surface area (Å²) in [6, 6.07) is 13.5. The Labute approximate surface area is 168 Å². The maximum atomic E-state index is 9.98. The van der Waals surface area contributed by atoms with Crippen molar-refractivity contribution in [1.82, 2.24) is 4.98 Å². The molecular formula is C21H17CuN3O2. The number of carbonyl (C=O) groups is 1. The number of hydrogen-bond donors (Lipinski definition) is 0. The van der Waals surface area contributed by atoms with Gasteiger partial charge >= 0.3 is 17.1 Å². The summed E-state index contributed by atoms with van der Waals surface area (Å²) in [4.78, 5) is 18.7. The zero-order valence-corrected chi connectivity index (χ0v) is 15.8. The van der Waals surface area contributed by atoms with Crippen molar-refractivity contribution in [3.63, 3.8) is 0 Å². The van der Waals surface area contributed by atoms with E-state index >= 15 is 0 Å². The van der Waals surface area contributed by atoms with E-state index in [1.165, 1.54) is 13.8 Å². The monoisotopic (exact) mass is 406 g/mol. The van der Waals surface area contributed by atoms with Crippen LogP contribution in [-0.4, -0.2) is 12.0 Å². The molecule has 1 aromatic heterocycles. The molecule has 0 spiro atoms. The van der Waals surface area contributed by atoms with Gasteiger partial charge in [0.25, 0.3) is 0 Å². The summed E-state index contributed by atoms with van der Waals surface area (Å²) in [6.45, 7) is 2.70. The van der Waals surface area contributed by atoms with E-state index in [2.05, 4.69) is 16.0 Å². The molecule has 5 nitrogen and oxygen atoms in total. The summed E-state index contributed by atoms with van der Waals surface area (Å²) in [6.07, 6.45) is 8.45. The maximum Gasteiger partial charge on any atom is 2.00 e. The molecule has 3 rings (SSSR count). The predicted octanol–water partition coefficient (Wildman–Crippen LogP) is 2.75. The van der Waals surface area contributed by atoms with Crippen molar-refractivity contribution in [1.29, 1.82) is 5.26 Å². The standard InChI is InChI=1S/C16H10N3.C5H8O2.Cu/c17-11-12-5-7-13(8-6-12)16(14-3-1-9-18-14)15-4-2-10-19-15;1-4(6)3-5(2)7;/h1-10H;3,6H,1-2H3;/q-1;;+2/p-1/b16-14-;4-3-;. The summed E-state index contributed by atoms with van der Waals surface area (Å²) in [5.74, 6) is -0.375. The second kappa shape index (κ2) is 10.8. The molecule has 6 heteroatoms. The molecule has 27 heavy (non-hydrogen) atoms. The number of aromatic nitrogens is 1. The van der Waals surface area contributed by atoms with E-state index in [1.807, 2.05) is 36.4 Å². The topological polar surface area (TPSA) is 90.4 Å². The molecule has 0 saturated heterocycles. The molecule has 2 aromatic rings. The molecule has 1 radical (unpaired) electrons. The van der Waals surface area contributed by atoms with Gasteiger partial charge in [-0.25, -0.2) is 0 Å². The summed E-state index contributed by atoms with van der Waals surface area (Å²) < 4.78 is 0. The van der Waals surface area contributed by atoms with Crippen molar-refractivity contribution < 1.29 is 27.0 Å². The molecule has 0 amide bonds. The molecule has 2 heterocycles. The number of nitriles is 1. The molecule has 0 bridgehead atoms. The second-order valence-electron chi connectivity index (χ2n) is 5.47. The smallest absolute Gasteiger partial charge is 0.876 e. The zero-order chi connectivity index (χ0) is 18.9. The number of aliphatic imine (C=N–C) groups is 1. The van der Waals surface area contributed by atoms with Gasteiger partial charge in [-0.3, -0.25) is 9.79 Å². The van der Waals surface area contributed by atoms with Gasteiger partial charge in [0, 0.05) is 6.21 Å². The molecule has 1 aliphatic rings. The number of carbonyl (C=O) groups excluding carboxylic acids is 1. The minimum atomic E-state index is -0.187. The number of allylic oxidation sites excluding steroid dienone is 4. The first-order chi connectivity index (χ1) is 12.5. The first-order valence-corrected chi connectivity index (χ1v) is 7.90. The van der Waals surface area contributed by atoms with Gasteiger partial charge in [0.15, 0.2) is 5.78 Å². The molecule has 0 unspecified atom stereocenters. The SMILES string of the molecule is CC(=O)/C=C(/C)[O-].N#Cc1ccc(/C(=C2\C=CC=N2)c2ccc[n-]2)cc1.[Cu+2]. The van der Waals surface area contributed by atoms with E-state index in [0.717, 1.165) is 28.6 Å². The van der Waals surface area contributed by atoms with Gasteiger partial charge in [-0.15, -0.1) is 11.5 Å². The number of benzene rings is 1. The number of rotatable bonds is 3. The third-order valence-corrected chi connectivity index (χ3v) is 3.33. The number of nitrogens with zero attached hydrogens (tertiary/aromatic N) is 3. The van der Waals surface area contributed by atoms with E-state index in [9.17, 15) is 9.90 Å². The largest absolute Gasteiger partial charge is 2.00 e. The van der Waals surface area contributed by atoms with E-state index in [-0.39, 0.29) is 28.6 Å². The normalized spacial score (nSPS) is 13.9. The van der Waals surface area contributed by atoms with Crippen LogP contribution < -0.4 is 10.1 Å². The van der Waals surface area contributed by atoms with Crippen molar-refractivity contribution in [3.05, 3.63) is 89.1 Å². The van der Waals surface area contributed by atoms with Gasteiger partial charge < -0.3 is 10.1 Å². The van der Waals surface area contributed by atoms with E-state index in [4.69, 9.17) is 5.26 Å². The Bertz CT molecular complexity index is 911. The van der Waals surface area contributed by atoms with E-state index in [0.29, 0.717) is 5.56 Å². The fraction of sp³-hybridized carbons (Fsp3) is 0.0952. The molecule has 139 valence electrons. The molecule has 0 saturated carbocycles. The van der Waals surface area contributed by atoms with Gasteiger partial charge in [-0.05, 0) is 48.4 Å². The molecule has 1 aromatic carbocycles. The summed E-state index contributed by atoms with van der Waals surface area (Å²) in [5, 5.41) is 18.8. The Morgan fingerprint density at radius 2 is 1.93 bits per heavy atom. The Kier molecular flexibility index (Phi) is 8.74. The van der Waals surface area contributed by atoms with Crippen LogP contribution in [0.2, 0.25) is 0 Å². The van der Waals surface area contributed by atoms with Crippen LogP contribution in [0.5, 0.6) is 0 Å². The average molecular weight is 407 g/mol. The van der Waals surface area contributed by atoms with Crippen molar-refractivity contribution in [2.45, 2.75) is 13.8 Å². The molecule has 0 aliphatic carbocycles. The van der Waals surface area contributed by atoms with Crippen LogP contribution in [-0.2, 0) is 21.9 Å². The van der Waals surface area contributed by atoms with Gasteiger partial charge in [0.05, 0.1) is 17.3 Å². The minimum Gasteiger partial charge on any atom is -0.876 e. The van der Waals surface area contributed by atoms with E-state index in [1.54, 1.807) is 24.5 Å². The van der Waals surface area contributed by atoms with Gasteiger partial charge in [0.2, 0.25) is 0 Å². The van der Waals surface area contributed by atoms with Crippen molar-refractivity contribution in [2.24, 2.45) is 4.99 Å². The van der Waals surface area contributed by atoms with E-state index < -0.39 is 0 Å². The van der Waals surface area contributed by atoms with Gasteiger partial charge in [0.1, 0.15) is 0 Å². The Morgan fingerprint density at radius 1 is 1.22 bits per heavy atom. The quantitative estimate of drug-likeness (QED) is 0.445. The number of hydrogen-bond acceptors (Lipinski definition) is 4. The van der Waals surface area contributed by atoms with Crippen molar-refractivity contribution in [2.75, 3.05) is 0 Å². The Morgan fingerprint density at radius 3 is 2.33 bits per heavy atom. The number of ketones is 1. The second-order valence-corrected chi connectivity index (χ2v) is 5.47. The van der Waals surface area contributed by atoms with Gasteiger partial charge in [-0.2, -0.15) is 11.5 Å². The summed E-state index contributed by atoms with van der Waals surface area (Å²) >= 11 is 0. The van der Waals surface area contributed by atoms with Crippen LogP contribution in [0, 0.1) is 11.3 Å². The van der Waals surface area contributed by atoms with Crippen LogP contribution in [0.4, 0.5) is 0 Å². The average Bonchev–Trinajstić information content (AvgIpc) is 3.29. The summed E-state index contributed by atoms with van der Waals surface area (Å²) in [7, 11) is 0. The minimum absolute atomic E-state index is 0. The molecule has 0 atom stereocenters. The third kappa shape index (κ3) is 6.59. The van der Waals surface area contributed by atoms with Crippen LogP contribution >= 0.6 is 0 Å². The van der Waals surface area contributed by atoms with Gasteiger partial charge in [-0.1, -0.05) is 31.2 Å². The van der Waals surface area contributed by atoms with Crippen LogP contribution in [0.25, 0.3) is 5.57 Å². The van der Waals surface area contributed by atoms with Crippen molar-refractivity contribution in [3.8, 4) is 6.07 Å². The van der Waals surface area contributed by atoms with Crippen LogP contribution in [0.15, 0.2) is 77.3 Å². The Balaban J connectivity index is 0.000000395. The van der Waals surface area contributed by atoms with Crippen molar-refractivity contribution >= 4 is 17.6 Å². The fourth-order valence-electron chi connectivity index (χ4n) is 2.32. The molecule has 0 fully saturated rings. The third-order valence-electron chi connectivity index (χ3n) is 3.33. The first kappa shape index (κ1) is 21.9. The zero-order valence-electron chi connectivity index (χ0n) is 14.8. The Hall–Kier alpha value is -3.13. The van der Waals surface area contributed by atoms with Crippen LogP contribution in [0.1, 0.15) is 30.7 Å². The maximum absolute atomic E-state index is 9.98. The summed E-state index contributed by atoms with van der Waals surface area (Å²) in [5.41, 5.74) is 4.43.